The third kappa shape index (κ3) is 2.83. The van der Waals surface area contributed by atoms with Gasteiger partial charge in [0.15, 0.2) is 0 Å². The molecule has 16 heavy (non-hydrogen) atoms. The average molecular weight is 221 g/mol. The van der Waals surface area contributed by atoms with E-state index >= 15 is 0 Å². The number of carbonyl (C=O) groups is 1. The Balaban J connectivity index is 2.90. The van der Waals surface area contributed by atoms with Gasteiger partial charge in [0.25, 0.3) is 0 Å². The molecule has 0 saturated carbocycles. The monoisotopic (exact) mass is 221 g/mol. The first kappa shape index (κ1) is 12.7. The molecule has 2 atom stereocenters. The summed E-state index contributed by atoms with van der Waals surface area (Å²) in [6.07, 6.45) is 0.682. The van der Waals surface area contributed by atoms with Crippen LogP contribution in [-0.2, 0) is 9.53 Å². The minimum atomic E-state index is -0.294. The van der Waals surface area contributed by atoms with Crippen LogP contribution in [0.1, 0.15) is 30.5 Å². The first-order valence-electron chi connectivity index (χ1n) is 5.50. The molecule has 0 heterocycles. The van der Waals surface area contributed by atoms with Crippen LogP contribution in [0.25, 0.3) is 0 Å². The van der Waals surface area contributed by atoms with Crippen LogP contribution in [-0.4, -0.2) is 13.1 Å². The standard InChI is InChI=1S/C13H19NO2/c1-4-11(13(15)16-3)12(14)10-7-5-6-9(2)8-10/h5-8,11-12H,4,14H2,1-3H3. The third-order valence-corrected chi connectivity index (χ3v) is 2.80. The second kappa shape index (κ2) is 5.66. The predicted octanol–water partition coefficient (Wildman–Crippen LogP) is 2.19. The quantitative estimate of drug-likeness (QED) is 0.793. The van der Waals surface area contributed by atoms with Crippen LogP contribution < -0.4 is 5.73 Å². The van der Waals surface area contributed by atoms with Gasteiger partial charge in [0, 0.05) is 6.04 Å². The maximum Gasteiger partial charge on any atom is 0.310 e. The van der Waals surface area contributed by atoms with Gasteiger partial charge in [-0.05, 0) is 18.9 Å². The molecule has 3 nitrogen and oxygen atoms in total. The molecule has 1 aromatic rings. The van der Waals surface area contributed by atoms with Crippen molar-refractivity contribution in [1.29, 1.82) is 0 Å². The van der Waals surface area contributed by atoms with Gasteiger partial charge in [0.1, 0.15) is 0 Å². The summed E-state index contributed by atoms with van der Waals surface area (Å²) in [7, 11) is 1.40. The Labute approximate surface area is 96.6 Å². The molecule has 1 aromatic carbocycles. The zero-order valence-electron chi connectivity index (χ0n) is 10.1. The Hall–Kier alpha value is -1.35. The topological polar surface area (TPSA) is 52.3 Å². The highest BCUT2D eigenvalue weighted by molar-refractivity contribution is 5.73. The number of hydrogen-bond acceptors (Lipinski definition) is 3. The Kier molecular flexibility index (Phi) is 4.50. The number of aryl methyl sites for hydroxylation is 1. The van der Waals surface area contributed by atoms with Crippen molar-refractivity contribution >= 4 is 5.97 Å². The second-order valence-electron chi connectivity index (χ2n) is 3.98. The van der Waals surface area contributed by atoms with E-state index in [0.717, 1.165) is 11.1 Å². The van der Waals surface area contributed by atoms with Crippen molar-refractivity contribution in [3.63, 3.8) is 0 Å². The molecule has 0 fully saturated rings. The Morgan fingerprint density at radius 2 is 2.19 bits per heavy atom. The third-order valence-electron chi connectivity index (χ3n) is 2.80. The normalized spacial score (nSPS) is 14.2. The maximum absolute atomic E-state index is 11.5. The Morgan fingerprint density at radius 3 is 2.69 bits per heavy atom. The lowest BCUT2D eigenvalue weighted by molar-refractivity contribution is -0.146. The molecule has 0 aromatic heterocycles. The van der Waals surface area contributed by atoms with E-state index in [2.05, 4.69) is 0 Å². The highest BCUT2D eigenvalue weighted by Gasteiger charge is 2.25. The summed E-state index contributed by atoms with van der Waals surface area (Å²) < 4.78 is 4.76. The van der Waals surface area contributed by atoms with Crippen LogP contribution in [0.4, 0.5) is 0 Å². The molecule has 0 spiro atoms. The van der Waals surface area contributed by atoms with E-state index in [0.29, 0.717) is 6.42 Å². The summed E-state index contributed by atoms with van der Waals surface area (Å²) in [5, 5.41) is 0. The zero-order chi connectivity index (χ0) is 12.1. The molecule has 0 aliphatic heterocycles. The Bertz CT molecular complexity index is 363. The van der Waals surface area contributed by atoms with E-state index < -0.39 is 0 Å². The van der Waals surface area contributed by atoms with E-state index in [9.17, 15) is 4.79 Å². The van der Waals surface area contributed by atoms with Gasteiger partial charge in [0.2, 0.25) is 0 Å². The number of methoxy groups -OCH3 is 1. The number of benzene rings is 1. The van der Waals surface area contributed by atoms with E-state index in [1.165, 1.54) is 7.11 Å². The fourth-order valence-corrected chi connectivity index (χ4v) is 1.83. The molecular formula is C13H19NO2. The summed E-state index contributed by atoms with van der Waals surface area (Å²) in [4.78, 5) is 11.5. The summed E-state index contributed by atoms with van der Waals surface area (Å²) in [6.45, 7) is 3.95. The summed E-state index contributed by atoms with van der Waals surface area (Å²) in [6, 6.07) is 7.63. The van der Waals surface area contributed by atoms with Crippen LogP contribution in [0.2, 0.25) is 0 Å². The molecule has 0 aliphatic carbocycles. The van der Waals surface area contributed by atoms with E-state index in [4.69, 9.17) is 10.5 Å². The molecule has 0 saturated heterocycles. The first-order chi connectivity index (χ1) is 7.60. The average Bonchev–Trinajstić information content (AvgIpc) is 2.29. The number of nitrogens with two attached hydrogens (primary N) is 1. The van der Waals surface area contributed by atoms with Crippen LogP contribution in [0, 0.1) is 12.8 Å². The highest BCUT2D eigenvalue weighted by atomic mass is 16.5. The van der Waals surface area contributed by atoms with Crippen LogP contribution in [0.5, 0.6) is 0 Å². The van der Waals surface area contributed by atoms with Crippen molar-refractivity contribution in [3.05, 3.63) is 35.4 Å². The molecular weight excluding hydrogens is 202 g/mol. The van der Waals surface area contributed by atoms with E-state index in [1.807, 2.05) is 38.1 Å². The number of ether oxygens (including phenoxy) is 1. The predicted molar refractivity (Wildman–Crippen MR) is 63.9 cm³/mol. The molecule has 88 valence electrons. The lowest BCUT2D eigenvalue weighted by Crippen LogP contribution is -2.28. The fraction of sp³-hybridized carbons (Fsp3) is 0.462. The van der Waals surface area contributed by atoms with Crippen LogP contribution in [0.3, 0.4) is 0 Å². The van der Waals surface area contributed by atoms with Crippen molar-refractivity contribution in [1.82, 2.24) is 0 Å². The zero-order valence-corrected chi connectivity index (χ0v) is 10.1. The number of esters is 1. The van der Waals surface area contributed by atoms with Crippen LogP contribution >= 0.6 is 0 Å². The van der Waals surface area contributed by atoms with Crippen molar-refractivity contribution < 1.29 is 9.53 Å². The number of carbonyl (C=O) groups excluding carboxylic acids is 1. The van der Waals surface area contributed by atoms with E-state index in [-0.39, 0.29) is 17.9 Å². The summed E-state index contributed by atoms with van der Waals surface area (Å²) in [5.41, 5.74) is 8.22. The Morgan fingerprint density at radius 1 is 1.50 bits per heavy atom. The molecule has 0 radical (unpaired) electrons. The maximum atomic E-state index is 11.5. The summed E-state index contributed by atoms with van der Waals surface area (Å²) >= 11 is 0. The SMILES string of the molecule is CCC(C(=O)OC)C(N)c1cccc(C)c1. The van der Waals surface area contributed by atoms with Gasteiger partial charge in [0.05, 0.1) is 13.0 Å². The van der Waals surface area contributed by atoms with Gasteiger partial charge in [-0.3, -0.25) is 4.79 Å². The molecule has 1 rings (SSSR count). The first-order valence-corrected chi connectivity index (χ1v) is 5.50. The van der Waals surface area contributed by atoms with Gasteiger partial charge in [-0.1, -0.05) is 36.8 Å². The van der Waals surface area contributed by atoms with Crippen molar-refractivity contribution in [2.75, 3.05) is 7.11 Å². The number of rotatable bonds is 4. The van der Waals surface area contributed by atoms with E-state index in [1.54, 1.807) is 0 Å². The lowest BCUT2D eigenvalue weighted by atomic mass is 9.91. The minimum absolute atomic E-state index is 0.239. The minimum Gasteiger partial charge on any atom is -0.469 e. The van der Waals surface area contributed by atoms with Gasteiger partial charge < -0.3 is 10.5 Å². The molecule has 0 aliphatic rings. The van der Waals surface area contributed by atoms with Crippen molar-refractivity contribution in [3.8, 4) is 0 Å². The molecule has 0 amide bonds. The molecule has 3 heteroatoms. The molecule has 0 bridgehead atoms. The van der Waals surface area contributed by atoms with Gasteiger partial charge in [-0.2, -0.15) is 0 Å². The summed E-state index contributed by atoms with van der Waals surface area (Å²) in [5.74, 6) is -0.511. The molecule has 2 unspecified atom stereocenters. The van der Waals surface area contributed by atoms with Crippen molar-refractivity contribution in [2.45, 2.75) is 26.3 Å². The fourth-order valence-electron chi connectivity index (χ4n) is 1.83. The second-order valence-corrected chi connectivity index (χ2v) is 3.98. The van der Waals surface area contributed by atoms with Gasteiger partial charge >= 0.3 is 5.97 Å². The largest absolute Gasteiger partial charge is 0.469 e. The lowest BCUT2D eigenvalue weighted by Gasteiger charge is -2.20. The van der Waals surface area contributed by atoms with Gasteiger partial charge in [-0.25, -0.2) is 0 Å². The highest BCUT2D eigenvalue weighted by Crippen LogP contribution is 2.23. The van der Waals surface area contributed by atoms with Gasteiger partial charge in [-0.15, -0.1) is 0 Å². The smallest absolute Gasteiger partial charge is 0.310 e. The number of hydrogen-bond donors (Lipinski definition) is 1. The van der Waals surface area contributed by atoms with Crippen molar-refractivity contribution in [2.24, 2.45) is 11.7 Å². The van der Waals surface area contributed by atoms with Crippen LogP contribution in [0.15, 0.2) is 24.3 Å². The molecule has 2 N–H and O–H groups in total.